The van der Waals surface area contributed by atoms with Crippen LogP contribution in [-0.2, 0) is 23.1 Å². The smallest absolute Gasteiger partial charge is 0.464 e. The van der Waals surface area contributed by atoms with Crippen molar-refractivity contribution in [2.45, 2.75) is 13.5 Å². The molecule has 2 aromatic heterocycles. The first kappa shape index (κ1) is 17.5. The van der Waals surface area contributed by atoms with Crippen molar-refractivity contribution in [3.8, 4) is 5.75 Å². The van der Waals surface area contributed by atoms with Crippen molar-refractivity contribution in [3.63, 3.8) is 0 Å². The number of nitrogens with two attached hydrogens (primary N) is 2. The number of rotatable bonds is 6. The molecule has 0 aliphatic carbocycles. The van der Waals surface area contributed by atoms with Crippen molar-refractivity contribution in [3.05, 3.63) is 18.1 Å². The van der Waals surface area contributed by atoms with Crippen LogP contribution in [0.3, 0.4) is 0 Å². The number of hydrogen-bond acceptors (Lipinski definition) is 6. The van der Waals surface area contributed by atoms with Gasteiger partial charge in [0.2, 0.25) is 5.82 Å². The van der Waals surface area contributed by atoms with Gasteiger partial charge in [0.1, 0.15) is 12.7 Å². The van der Waals surface area contributed by atoms with Gasteiger partial charge in [0.15, 0.2) is 24.0 Å². The second-order valence-electron chi connectivity index (χ2n) is 4.82. The van der Waals surface area contributed by atoms with Gasteiger partial charge in [-0.25, -0.2) is 14.4 Å². The highest BCUT2D eigenvalue weighted by molar-refractivity contribution is 5.84. The van der Waals surface area contributed by atoms with Crippen LogP contribution >= 0.6 is 0 Å². The number of imidazole rings is 1. The van der Waals surface area contributed by atoms with E-state index in [0.717, 1.165) is 0 Å². The van der Waals surface area contributed by atoms with Crippen molar-refractivity contribution < 1.29 is 23.6 Å². The first-order chi connectivity index (χ1) is 11.5. The maximum Gasteiger partial charge on any atom is 0.481 e. The topological polar surface area (TPSA) is 131 Å². The van der Waals surface area contributed by atoms with E-state index in [1.165, 1.54) is 11.7 Å². The van der Waals surface area contributed by atoms with E-state index in [4.69, 9.17) is 25.7 Å². The van der Waals surface area contributed by atoms with Gasteiger partial charge in [0.25, 0.3) is 0 Å². The summed E-state index contributed by atoms with van der Waals surface area (Å²) in [5, 5.41) is 0. The summed E-state index contributed by atoms with van der Waals surface area (Å²) < 4.78 is 18.5. The van der Waals surface area contributed by atoms with Crippen molar-refractivity contribution in [1.82, 2.24) is 9.55 Å². The molecule has 0 radical (unpaired) electrons. The Morgan fingerprint density at radius 2 is 2.21 bits per heavy atom. The fraction of sp³-hybridized carbons (Fsp3) is 0.429. The molecule has 0 bridgehead atoms. The number of nitrogens with zero attached hydrogens (tertiary/aromatic N) is 4. The predicted molar refractivity (Wildman–Crippen MR) is 85.3 cm³/mol. The van der Waals surface area contributed by atoms with Crippen molar-refractivity contribution >= 4 is 23.2 Å². The molecule has 2 rings (SSSR count). The number of guanidine groups is 1. The Balaban J connectivity index is 2.60. The van der Waals surface area contributed by atoms with Gasteiger partial charge in [-0.05, 0) is 6.92 Å². The van der Waals surface area contributed by atoms with E-state index in [2.05, 4.69) is 9.98 Å². The zero-order valence-corrected chi connectivity index (χ0v) is 13.9. The van der Waals surface area contributed by atoms with Crippen molar-refractivity contribution in [1.29, 1.82) is 0 Å². The number of aromatic nitrogens is 3. The van der Waals surface area contributed by atoms with Crippen LogP contribution < -0.4 is 20.8 Å². The molecule has 0 atom stereocenters. The maximum atomic E-state index is 12.4. The molecule has 0 amide bonds. The third kappa shape index (κ3) is 3.54. The molecule has 10 heteroatoms. The second kappa shape index (κ2) is 7.59. The van der Waals surface area contributed by atoms with Gasteiger partial charge in [0, 0.05) is 13.2 Å². The number of methoxy groups -OCH3 is 1. The quantitative estimate of drug-likeness (QED) is 0.318. The van der Waals surface area contributed by atoms with Gasteiger partial charge in [-0.2, -0.15) is 4.57 Å². The number of aryl methyl sites for hydroxylation is 1. The van der Waals surface area contributed by atoms with E-state index in [9.17, 15) is 4.79 Å². The lowest BCUT2D eigenvalue weighted by atomic mass is 10.4. The zero-order chi connectivity index (χ0) is 17.7. The van der Waals surface area contributed by atoms with Gasteiger partial charge in [-0.15, -0.1) is 4.98 Å². The molecule has 0 saturated carbocycles. The molecule has 2 aromatic rings. The number of carbonyl (C=O) groups excluding carboxylic acids is 1. The summed E-state index contributed by atoms with van der Waals surface area (Å²) in [4.78, 5) is 20.7. The summed E-state index contributed by atoms with van der Waals surface area (Å²) in [6.45, 7) is 2.13. The summed E-state index contributed by atoms with van der Waals surface area (Å²) >= 11 is 0. The first-order valence-electron chi connectivity index (χ1n) is 7.23. The van der Waals surface area contributed by atoms with Crippen LogP contribution in [0.15, 0.2) is 17.3 Å². The lowest BCUT2D eigenvalue weighted by Crippen LogP contribution is -2.35. The average molecular weight is 337 g/mol. The highest BCUT2D eigenvalue weighted by Gasteiger charge is 2.28. The third-order valence-corrected chi connectivity index (χ3v) is 3.22. The molecule has 0 aliphatic heterocycles. The molecular weight excluding hydrogens is 316 g/mol. The Labute approximate surface area is 138 Å². The molecule has 0 aromatic carbocycles. The average Bonchev–Trinajstić information content (AvgIpc) is 2.83. The van der Waals surface area contributed by atoms with Crippen LogP contribution in [0.5, 0.6) is 5.75 Å². The monoisotopic (exact) mass is 337 g/mol. The Morgan fingerprint density at radius 3 is 2.83 bits per heavy atom. The lowest BCUT2D eigenvalue weighted by molar-refractivity contribution is -0.655. The van der Waals surface area contributed by atoms with E-state index >= 15 is 0 Å². The summed E-state index contributed by atoms with van der Waals surface area (Å²) in [5.41, 5.74) is 11.9. The van der Waals surface area contributed by atoms with E-state index in [0.29, 0.717) is 22.7 Å². The van der Waals surface area contributed by atoms with Crippen LogP contribution in [0, 0.1) is 0 Å². The molecule has 0 aliphatic rings. The van der Waals surface area contributed by atoms with Gasteiger partial charge in [-0.3, -0.25) is 0 Å². The van der Waals surface area contributed by atoms with Crippen LogP contribution in [0.25, 0.3) is 11.2 Å². The third-order valence-electron chi connectivity index (χ3n) is 3.22. The number of hydrogen-bond donors (Lipinski definition) is 2. The Hall–Kier alpha value is -2.88. The van der Waals surface area contributed by atoms with Crippen LogP contribution in [0.1, 0.15) is 12.7 Å². The number of pyridine rings is 1. The Bertz CT molecular complexity index is 766. The van der Waals surface area contributed by atoms with Crippen LogP contribution in [0.2, 0.25) is 0 Å². The van der Waals surface area contributed by atoms with Crippen LogP contribution in [0.4, 0.5) is 4.79 Å². The molecule has 0 fully saturated rings. The highest BCUT2D eigenvalue weighted by atomic mass is 16.7. The first-order valence-corrected chi connectivity index (χ1v) is 7.23. The maximum absolute atomic E-state index is 12.4. The van der Waals surface area contributed by atoms with Crippen molar-refractivity contribution in [2.24, 2.45) is 23.5 Å². The number of fused-ring (bicyclic) bond motifs is 1. The number of ether oxygens (including phenoxy) is 3. The molecule has 0 unspecified atom stereocenters. The van der Waals surface area contributed by atoms with Gasteiger partial charge in [-0.1, -0.05) is 0 Å². The molecule has 10 nitrogen and oxygen atoms in total. The fourth-order valence-corrected chi connectivity index (χ4v) is 2.20. The largest absolute Gasteiger partial charge is 0.481 e. The molecule has 0 saturated heterocycles. The highest BCUT2D eigenvalue weighted by Crippen LogP contribution is 2.19. The molecule has 24 heavy (non-hydrogen) atoms. The van der Waals surface area contributed by atoms with E-state index in [1.807, 2.05) is 0 Å². The van der Waals surface area contributed by atoms with Crippen molar-refractivity contribution in [2.75, 3.05) is 20.5 Å². The molecular formula is C14H21N6O4+. The SMILES string of the molecule is CCOC(=O)n1c(CN=C(N)N)[n+](C)c2ncc(OCOC)cc21. The van der Waals surface area contributed by atoms with Crippen LogP contribution in [-0.4, -0.2) is 42.1 Å². The number of aliphatic imine (C=N–C) groups is 1. The predicted octanol–water partition coefficient (Wildman–Crippen LogP) is -0.378. The second-order valence-corrected chi connectivity index (χ2v) is 4.82. The van der Waals surface area contributed by atoms with E-state index < -0.39 is 6.09 Å². The number of carbonyl (C=O) groups is 1. The standard InChI is InChI=1S/C14H21N6O4/c1-4-23-14(21)20-10-5-9(24-8-22-3)6-17-12(10)19(2)11(20)7-18-13(15)16/h5-6H,4,7-8H2,1-3H3,(H4,15,16,18)/q+1. The summed E-state index contributed by atoms with van der Waals surface area (Å²) in [5.74, 6) is 0.905. The molecule has 4 N–H and O–H groups in total. The molecule has 0 spiro atoms. The minimum Gasteiger partial charge on any atom is -0.464 e. The van der Waals surface area contributed by atoms with Gasteiger partial charge >= 0.3 is 11.7 Å². The van der Waals surface area contributed by atoms with E-state index in [1.54, 1.807) is 30.8 Å². The Kier molecular flexibility index (Phi) is 5.53. The van der Waals surface area contributed by atoms with Gasteiger partial charge < -0.3 is 25.7 Å². The fourth-order valence-electron chi connectivity index (χ4n) is 2.20. The summed E-state index contributed by atoms with van der Waals surface area (Å²) in [6, 6.07) is 1.68. The normalized spacial score (nSPS) is 10.6. The molecule has 130 valence electrons. The summed E-state index contributed by atoms with van der Waals surface area (Å²) in [7, 11) is 3.28. The minimum atomic E-state index is -0.547. The van der Waals surface area contributed by atoms with E-state index in [-0.39, 0.29) is 25.9 Å². The Morgan fingerprint density at radius 1 is 1.46 bits per heavy atom. The van der Waals surface area contributed by atoms with Gasteiger partial charge in [0.05, 0.1) is 13.7 Å². The minimum absolute atomic E-state index is 0.0697. The molecule has 2 heterocycles. The zero-order valence-electron chi connectivity index (χ0n) is 13.9. The summed E-state index contributed by atoms with van der Waals surface area (Å²) in [6.07, 6.45) is 0.996. The lowest BCUT2D eigenvalue weighted by Gasteiger charge is -2.03.